The van der Waals surface area contributed by atoms with E-state index in [0.717, 1.165) is 23.8 Å². The average Bonchev–Trinajstić information content (AvgIpc) is 2.76. The second kappa shape index (κ2) is 8.78. The van der Waals surface area contributed by atoms with Gasteiger partial charge in [0, 0.05) is 22.7 Å². The highest BCUT2D eigenvalue weighted by Gasteiger charge is 2.16. The number of benzene rings is 2. The molecule has 0 bridgehead atoms. The van der Waals surface area contributed by atoms with Crippen molar-refractivity contribution in [3.05, 3.63) is 75.2 Å². The molecule has 7 heteroatoms. The van der Waals surface area contributed by atoms with Gasteiger partial charge in [0.25, 0.3) is 5.91 Å². The van der Waals surface area contributed by atoms with Crippen LogP contribution in [0, 0.1) is 6.92 Å². The lowest BCUT2D eigenvalue weighted by molar-refractivity contribution is 0.0997. The number of unbranched alkanes of at least 4 members (excludes halogenated alkanes) is 1. The van der Waals surface area contributed by atoms with Gasteiger partial charge in [-0.05, 0) is 55.3 Å². The van der Waals surface area contributed by atoms with E-state index in [-0.39, 0.29) is 11.2 Å². The van der Waals surface area contributed by atoms with Crippen molar-refractivity contribution >= 4 is 45.1 Å². The van der Waals surface area contributed by atoms with Gasteiger partial charge in [-0.1, -0.05) is 24.9 Å². The number of amides is 1. The summed E-state index contributed by atoms with van der Waals surface area (Å²) in [6.07, 6.45) is 3.65. The SMILES string of the molecule is CCCCOc1ccc(NC(=O)c2cc(=O)c3cc(Cl)c(C)cc3o2)c2cccnc12. The number of nitrogens with zero attached hydrogens (tertiary/aromatic N) is 1. The van der Waals surface area contributed by atoms with E-state index in [1.165, 1.54) is 6.07 Å². The molecule has 0 atom stereocenters. The molecule has 4 rings (SSSR count). The Labute approximate surface area is 183 Å². The fraction of sp³-hybridized carbons (Fsp3) is 0.208. The Morgan fingerprint density at radius 1 is 1.19 bits per heavy atom. The second-order valence-electron chi connectivity index (χ2n) is 7.24. The number of hydrogen-bond donors (Lipinski definition) is 1. The van der Waals surface area contributed by atoms with Gasteiger partial charge in [0.05, 0.1) is 17.7 Å². The molecule has 0 fully saturated rings. The summed E-state index contributed by atoms with van der Waals surface area (Å²) in [5.74, 6) is 0.0441. The van der Waals surface area contributed by atoms with Crippen LogP contribution < -0.4 is 15.5 Å². The molecule has 0 saturated heterocycles. The van der Waals surface area contributed by atoms with Crippen LogP contribution in [-0.4, -0.2) is 17.5 Å². The second-order valence-corrected chi connectivity index (χ2v) is 7.65. The minimum atomic E-state index is -0.531. The molecule has 1 N–H and O–H groups in total. The van der Waals surface area contributed by atoms with Crippen LogP contribution in [0.5, 0.6) is 5.75 Å². The standard InChI is InChI=1S/C24H21ClN2O4/c1-3-4-10-30-20-8-7-18(15-6-5-9-26-23(15)20)27-24(29)22-13-19(28)16-12-17(25)14(2)11-21(16)31-22/h5-9,11-13H,3-4,10H2,1-2H3,(H,27,29). The number of carbonyl (C=O) groups excluding carboxylic acids is 1. The number of aromatic nitrogens is 1. The van der Waals surface area contributed by atoms with E-state index in [2.05, 4.69) is 17.2 Å². The summed E-state index contributed by atoms with van der Waals surface area (Å²) in [5, 5.41) is 4.35. The van der Waals surface area contributed by atoms with Crippen LogP contribution in [-0.2, 0) is 0 Å². The molecule has 31 heavy (non-hydrogen) atoms. The number of carbonyl (C=O) groups is 1. The third kappa shape index (κ3) is 4.25. The first kappa shape index (κ1) is 20.9. The third-order valence-electron chi connectivity index (χ3n) is 4.97. The summed E-state index contributed by atoms with van der Waals surface area (Å²) < 4.78 is 11.5. The van der Waals surface area contributed by atoms with Gasteiger partial charge in [0.2, 0.25) is 0 Å². The summed E-state index contributed by atoms with van der Waals surface area (Å²) in [6.45, 7) is 4.50. The summed E-state index contributed by atoms with van der Waals surface area (Å²) in [6, 6.07) is 11.6. The highest BCUT2D eigenvalue weighted by molar-refractivity contribution is 6.32. The Bertz CT molecular complexity index is 1350. The number of anilines is 1. The molecule has 0 aliphatic rings. The quantitative estimate of drug-likeness (QED) is 0.390. The van der Waals surface area contributed by atoms with Gasteiger partial charge in [-0.3, -0.25) is 14.6 Å². The van der Waals surface area contributed by atoms with E-state index in [4.69, 9.17) is 20.8 Å². The fourth-order valence-corrected chi connectivity index (χ4v) is 3.43. The Morgan fingerprint density at radius 3 is 2.84 bits per heavy atom. The minimum absolute atomic E-state index is 0.0838. The van der Waals surface area contributed by atoms with Crippen molar-refractivity contribution in [1.82, 2.24) is 4.98 Å². The Balaban J connectivity index is 1.68. The summed E-state index contributed by atoms with van der Waals surface area (Å²) in [4.78, 5) is 29.8. The van der Waals surface area contributed by atoms with Crippen molar-refractivity contribution in [3.8, 4) is 5.75 Å². The van der Waals surface area contributed by atoms with Crippen molar-refractivity contribution in [1.29, 1.82) is 0 Å². The first-order valence-corrected chi connectivity index (χ1v) is 10.4. The minimum Gasteiger partial charge on any atom is -0.491 e. The molecular formula is C24H21ClN2O4. The van der Waals surface area contributed by atoms with Crippen molar-refractivity contribution in [2.24, 2.45) is 0 Å². The largest absolute Gasteiger partial charge is 0.491 e. The molecule has 0 saturated carbocycles. The normalized spacial score (nSPS) is 11.1. The van der Waals surface area contributed by atoms with Crippen LogP contribution in [0.25, 0.3) is 21.9 Å². The lowest BCUT2D eigenvalue weighted by Gasteiger charge is -2.12. The van der Waals surface area contributed by atoms with Gasteiger partial charge in [-0.25, -0.2) is 0 Å². The first-order chi connectivity index (χ1) is 15.0. The Morgan fingerprint density at radius 2 is 2.03 bits per heavy atom. The number of rotatable bonds is 6. The number of hydrogen-bond acceptors (Lipinski definition) is 5. The number of ether oxygens (including phenoxy) is 1. The van der Waals surface area contributed by atoms with Gasteiger partial charge in [0.1, 0.15) is 16.8 Å². The number of halogens is 1. The van der Waals surface area contributed by atoms with Gasteiger partial charge >= 0.3 is 0 Å². The maximum absolute atomic E-state index is 12.9. The molecule has 2 aromatic heterocycles. The highest BCUT2D eigenvalue weighted by atomic mass is 35.5. The van der Waals surface area contributed by atoms with Crippen molar-refractivity contribution in [2.45, 2.75) is 26.7 Å². The van der Waals surface area contributed by atoms with Gasteiger partial charge in [0.15, 0.2) is 11.2 Å². The van der Waals surface area contributed by atoms with E-state index < -0.39 is 5.91 Å². The highest BCUT2D eigenvalue weighted by Crippen LogP contribution is 2.30. The average molecular weight is 437 g/mol. The van der Waals surface area contributed by atoms with E-state index >= 15 is 0 Å². The molecule has 0 aliphatic carbocycles. The van der Waals surface area contributed by atoms with Crippen LogP contribution in [0.3, 0.4) is 0 Å². The predicted molar refractivity (Wildman–Crippen MR) is 122 cm³/mol. The lowest BCUT2D eigenvalue weighted by atomic mass is 10.1. The van der Waals surface area contributed by atoms with E-state index in [1.54, 1.807) is 43.5 Å². The smallest absolute Gasteiger partial charge is 0.291 e. The van der Waals surface area contributed by atoms with Gasteiger partial charge < -0.3 is 14.5 Å². The van der Waals surface area contributed by atoms with Crippen LogP contribution in [0.2, 0.25) is 5.02 Å². The van der Waals surface area contributed by atoms with Crippen LogP contribution in [0.4, 0.5) is 5.69 Å². The topological polar surface area (TPSA) is 81.4 Å². The first-order valence-electron chi connectivity index (χ1n) is 10.0. The van der Waals surface area contributed by atoms with Crippen LogP contribution >= 0.6 is 11.6 Å². The van der Waals surface area contributed by atoms with Gasteiger partial charge in [-0.2, -0.15) is 0 Å². The number of fused-ring (bicyclic) bond motifs is 2. The van der Waals surface area contributed by atoms with Crippen molar-refractivity contribution in [3.63, 3.8) is 0 Å². The molecule has 1 amide bonds. The van der Waals surface area contributed by atoms with E-state index in [1.807, 2.05) is 6.07 Å². The molecule has 0 aliphatic heterocycles. The van der Waals surface area contributed by atoms with Crippen molar-refractivity contribution < 1.29 is 13.9 Å². The molecular weight excluding hydrogens is 416 g/mol. The lowest BCUT2D eigenvalue weighted by Crippen LogP contribution is -2.15. The van der Waals surface area contributed by atoms with Crippen LogP contribution in [0.15, 0.2) is 57.9 Å². The fourth-order valence-electron chi connectivity index (χ4n) is 3.27. The van der Waals surface area contributed by atoms with Gasteiger partial charge in [-0.15, -0.1) is 0 Å². The zero-order chi connectivity index (χ0) is 22.0. The molecule has 4 aromatic rings. The molecule has 2 heterocycles. The number of pyridine rings is 1. The third-order valence-corrected chi connectivity index (χ3v) is 5.38. The molecule has 0 unspecified atom stereocenters. The van der Waals surface area contributed by atoms with E-state index in [9.17, 15) is 9.59 Å². The Kier molecular flexibility index (Phi) is 5.91. The Hall–Kier alpha value is -3.38. The predicted octanol–water partition coefficient (Wildman–Crippen LogP) is 5.73. The summed E-state index contributed by atoms with van der Waals surface area (Å²) in [7, 11) is 0. The zero-order valence-corrected chi connectivity index (χ0v) is 18.0. The number of nitrogens with one attached hydrogen (secondary N) is 1. The zero-order valence-electron chi connectivity index (χ0n) is 17.2. The van der Waals surface area contributed by atoms with E-state index in [0.29, 0.717) is 39.6 Å². The van der Waals surface area contributed by atoms with Crippen LogP contribution in [0.1, 0.15) is 35.9 Å². The maximum Gasteiger partial charge on any atom is 0.291 e. The molecule has 0 radical (unpaired) electrons. The molecule has 6 nitrogen and oxygen atoms in total. The molecule has 2 aromatic carbocycles. The summed E-state index contributed by atoms with van der Waals surface area (Å²) in [5.41, 5.74) is 1.93. The van der Waals surface area contributed by atoms with Crippen molar-refractivity contribution in [2.75, 3.05) is 11.9 Å². The monoisotopic (exact) mass is 436 g/mol. The number of aryl methyl sites for hydroxylation is 1. The summed E-state index contributed by atoms with van der Waals surface area (Å²) >= 11 is 6.10. The molecule has 0 spiro atoms. The molecule has 158 valence electrons. The maximum atomic E-state index is 12.9.